The summed E-state index contributed by atoms with van der Waals surface area (Å²) in [4.78, 5) is 26.5. The van der Waals surface area contributed by atoms with Gasteiger partial charge in [-0.25, -0.2) is 0 Å². The molecule has 1 heterocycles. The van der Waals surface area contributed by atoms with E-state index in [1.165, 1.54) is 11.3 Å². The van der Waals surface area contributed by atoms with Gasteiger partial charge in [-0.3, -0.25) is 14.5 Å². The minimum Gasteiger partial charge on any atom is -0.396 e. The number of nitrogens with zero attached hydrogens (tertiary/aromatic N) is 1. The molecule has 3 fully saturated rings. The molecule has 0 bridgehead atoms. The summed E-state index contributed by atoms with van der Waals surface area (Å²) in [5, 5.41) is 9.40. The molecule has 1 spiro atoms. The Balaban J connectivity index is 1.70. The van der Waals surface area contributed by atoms with Gasteiger partial charge >= 0.3 is 0 Å². The van der Waals surface area contributed by atoms with E-state index < -0.39 is 0 Å². The lowest BCUT2D eigenvalue weighted by Crippen LogP contribution is -2.40. The van der Waals surface area contributed by atoms with Gasteiger partial charge in [0.1, 0.15) is 0 Å². The number of likely N-dealkylation sites (tertiary alicyclic amines) is 1. The summed E-state index contributed by atoms with van der Waals surface area (Å²) in [5.74, 6) is 0.705. The van der Waals surface area contributed by atoms with Crippen molar-refractivity contribution in [2.24, 2.45) is 17.3 Å². The summed E-state index contributed by atoms with van der Waals surface area (Å²) in [7, 11) is 0. The lowest BCUT2D eigenvalue weighted by atomic mass is 9.73. The van der Waals surface area contributed by atoms with E-state index in [-0.39, 0.29) is 29.8 Å². The van der Waals surface area contributed by atoms with E-state index in [1.807, 2.05) is 0 Å². The van der Waals surface area contributed by atoms with Gasteiger partial charge in [-0.2, -0.15) is 0 Å². The van der Waals surface area contributed by atoms with Crippen LogP contribution in [-0.2, 0) is 9.59 Å². The second-order valence-corrected chi connectivity index (χ2v) is 6.96. The van der Waals surface area contributed by atoms with Crippen LogP contribution in [0.5, 0.6) is 0 Å². The number of aliphatic hydroxyl groups is 1. The van der Waals surface area contributed by atoms with Crippen molar-refractivity contribution in [1.82, 2.24) is 4.90 Å². The molecule has 3 rings (SSSR count). The van der Waals surface area contributed by atoms with Crippen LogP contribution < -0.4 is 0 Å². The van der Waals surface area contributed by atoms with E-state index in [0.717, 1.165) is 44.9 Å². The van der Waals surface area contributed by atoms with Gasteiger partial charge in [-0.1, -0.05) is 25.7 Å². The van der Waals surface area contributed by atoms with Gasteiger partial charge in [0.15, 0.2) is 0 Å². The van der Waals surface area contributed by atoms with Gasteiger partial charge < -0.3 is 5.11 Å². The average molecular weight is 279 g/mol. The van der Waals surface area contributed by atoms with Gasteiger partial charge in [-0.05, 0) is 37.5 Å². The first kappa shape index (κ1) is 14.1. The first-order valence-corrected chi connectivity index (χ1v) is 8.12. The van der Waals surface area contributed by atoms with Crippen LogP contribution in [0.4, 0.5) is 0 Å². The number of rotatable bonds is 3. The van der Waals surface area contributed by atoms with Crippen molar-refractivity contribution in [3.05, 3.63) is 0 Å². The molecule has 2 amide bonds. The molecule has 2 atom stereocenters. The highest BCUT2D eigenvalue weighted by molar-refractivity contribution is 6.05. The first-order valence-electron chi connectivity index (χ1n) is 8.12. The fourth-order valence-corrected chi connectivity index (χ4v) is 4.49. The molecule has 0 aromatic heterocycles. The zero-order valence-electron chi connectivity index (χ0n) is 12.1. The second kappa shape index (κ2) is 5.47. The molecular formula is C16H25NO3. The highest BCUT2D eigenvalue weighted by Crippen LogP contribution is 2.46. The number of aliphatic hydroxyl groups excluding tert-OH is 1. The third-order valence-corrected chi connectivity index (χ3v) is 5.77. The summed E-state index contributed by atoms with van der Waals surface area (Å²) in [6, 6.07) is 0. The number of hydrogen-bond donors (Lipinski definition) is 1. The van der Waals surface area contributed by atoms with Gasteiger partial charge in [-0.15, -0.1) is 0 Å². The molecule has 0 aromatic carbocycles. The number of hydrogen-bond acceptors (Lipinski definition) is 3. The molecule has 112 valence electrons. The molecule has 20 heavy (non-hydrogen) atoms. The van der Waals surface area contributed by atoms with Gasteiger partial charge in [0, 0.05) is 19.6 Å². The van der Waals surface area contributed by atoms with E-state index in [2.05, 4.69) is 0 Å². The molecule has 0 radical (unpaired) electrons. The van der Waals surface area contributed by atoms with E-state index in [4.69, 9.17) is 0 Å². The number of amides is 2. The molecule has 0 aromatic rings. The number of imide groups is 1. The molecule has 1 N–H and O–H groups in total. The summed E-state index contributed by atoms with van der Waals surface area (Å²) < 4.78 is 0. The maximum atomic E-state index is 12.7. The Morgan fingerprint density at radius 1 is 1.05 bits per heavy atom. The van der Waals surface area contributed by atoms with E-state index >= 15 is 0 Å². The van der Waals surface area contributed by atoms with Gasteiger partial charge in [0.25, 0.3) is 0 Å². The Labute approximate surface area is 120 Å². The van der Waals surface area contributed by atoms with Crippen LogP contribution >= 0.6 is 0 Å². The first-order chi connectivity index (χ1) is 9.66. The predicted octanol–water partition coefficient (Wildman–Crippen LogP) is 2.10. The average Bonchev–Trinajstić information content (AvgIpc) is 2.99. The molecule has 2 saturated carbocycles. The van der Waals surface area contributed by atoms with Crippen LogP contribution in [-0.4, -0.2) is 35.0 Å². The normalized spacial score (nSPS) is 33.4. The van der Waals surface area contributed by atoms with E-state index in [9.17, 15) is 14.7 Å². The fourth-order valence-electron chi connectivity index (χ4n) is 4.49. The number of carbonyl (C=O) groups is 2. The molecule has 1 aliphatic heterocycles. The van der Waals surface area contributed by atoms with Crippen molar-refractivity contribution in [2.75, 3.05) is 13.2 Å². The van der Waals surface area contributed by atoms with Crippen LogP contribution in [0, 0.1) is 17.3 Å². The quantitative estimate of drug-likeness (QED) is 0.805. The minimum absolute atomic E-state index is 0.0282. The highest BCUT2D eigenvalue weighted by atomic mass is 16.3. The summed E-state index contributed by atoms with van der Waals surface area (Å²) in [5.41, 5.74) is -0.358. The van der Waals surface area contributed by atoms with Crippen molar-refractivity contribution in [1.29, 1.82) is 0 Å². The Morgan fingerprint density at radius 2 is 1.75 bits per heavy atom. The summed E-state index contributed by atoms with van der Waals surface area (Å²) in [6.07, 6.45) is 8.74. The Hall–Kier alpha value is -0.900. The molecule has 2 aliphatic carbocycles. The lowest BCUT2D eigenvalue weighted by molar-refractivity contribution is -0.143. The molecule has 3 aliphatic rings. The fraction of sp³-hybridized carbons (Fsp3) is 0.875. The third kappa shape index (κ3) is 2.28. The van der Waals surface area contributed by atoms with Crippen LogP contribution in [0.1, 0.15) is 57.8 Å². The van der Waals surface area contributed by atoms with Gasteiger partial charge in [0.2, 0.25) is 11.8 Å². The van der Waals surface area contributed by atoms with Crippen LogP contribution in [0.3, 0.4) is 0 Å². The zero-order valence-corrected chi connectivity index (χ0v) is 12.1. The van der Waals surface area contributed by atoms with Crippen molar-refractivity contribution in [2.45, 2.75) is 57.8 Å². The van der Waals surface area contributed by atoms with Crippen molar-refractivity contribution < 1.29 is 14.7 Å². The topological polar surface area (TPSA) is 57.6 Å². The third-order valence-electron chi connectivity index (χ3n) is 5.77. The SMILES string of the molecule is O=C1CC2(CCCCC2)C(=O)N1CC1CCCC1CO. The summed E-state index contributed by atoms with van der Waals surface area (Å²) >= 11 is 0. The monoisotopic (exact) mass is 279 g/mol. The van der Waals surface area contributed by atoms with Crippen LogP contribution in [0.2, 0.25) is 0 Å². The van der Waals surface area contributed by atoms with Crippen molar-refractivity contribution in [3.63, 3.8) is 0 Å². The predicted molar refractivity (Wildman–Crippen MR) is 74.8 cm³/mol. The Kier molecular flexibility index (Phi) is 3.85. The van der Waals surface area contributed by atoms with E-state index in [1.54, 1.807) is 0 Å². The minimum atomic E-state index is -0.358. The number of carbonyl (C=O) groups excluding carboxylic acids is 2. The Morgan fingerprint density at radius 3 is 2.45 bits per heavy atom. The van der Waals surface area contributed by atoms with Gasteiger partial charge in [0.05, 0.1) is 5.41 Å². The highest BCUT2D eigenvalue weighted by Gasteiger charge is 2.52. The molecule has 4 nitrogen and oxygen atoms in total. The van der Waals surface area contributed by atoms with Crippen molar-refractivity contribution in [3.8, 4) is 0 Å². The molecular weight excluding hydrogens is 254 g/mol. The van der Waals surface area contributed by atoms with Crippen LogP contribution in [0.15, 0.2) is 0 Å². The maximum Gasteiger partial charge on any atom is 0.235 e. The van der Waals surface area contributed by atoms with Crippen LogP contribution in [0.25, 0.3) is 0 Å². The maximum absolute atomic E-state index is 12.7. The zero-order chi connectivity index (χ0) is 14.2. The largest absolute Gasteiger partial charge is 0.396 e. The second-order valence-electron chi connectivity index (χ2n) is 6.96. The van der Waals surface area contributed by atoms with Crippen molar-refractivity contribution >= 4 is 11.8 Å². The molecule has 1 saturated heterocycles. The molecule has 2 unspecified atom stereocenters. The summed E-state index contributed by atoms with van der Waals surface area (Å²) in [6.45, 7) is 0.733. The Bertz CT molecular complexity index is 401. The standard InChI is InChI=1S/C16H25NO3/c18-11-13-6-4-5-12(13)10-17-14(19)9-16(15(17)20)7-2-1-3-8-16/h12-13,18H,1-11H2. The lowest BCUT2D eigenvalue weighted by Gasteiger charge is -2.31. The smallest absolute Gasteiger partial charge is 0.235 e. The van der Waals surface area contributed by atoms with E-state index in [0.29, 0.717) is 18.9 Å². The molecule has 4 heteroatoms.